The van der Waals surface area contributed by atoms with Crippen molar-refractivity contribution in [1.82, 2.24) is 10.2 Å². The first-order chi connectivity index (χ1) is 9.23. The van der Waals surface area contributed by atoms with Gasteiger partial charge in [-0.1, -0.05) is 6.07 Å². The second kappa shape index (κ2) is 6.41. The number of benzene rings is 1. The Kier molecular flexibility index (Phi) is 5.13. The number of likely N-dealkylation sites (N-methyl/N-ethyl adjacent to an activating group) is 1. The van der Waals surface area contributed by atoms with Gasteiger partial charge in [0.1, 0.15) is 5.75 Å². The van der Waals surface area contributed by atoms with Gasteiger partial charge in [0.25, 0.3) is 5.91 Å². The number of carbonyl (C=O) groups is 2. The van der Waals surface area contributed by atoms with E-state index in [1.807, 2.05) is 20.8 Å². The Balaban J connectivity index is 2.69. The molecule has 1 N–H and O–H groups in total. The van der Waals surface area contributed by atoms with Gasteiger partial charge < -0.3 is 15.0 Å². The van der Waals surface area contributed by atoms with E-state index >= 15 is 0 Å². The molecule has 0 aliphatic rings. The van der Waals surface area contributed by atoms with Gasteiger partial charge >= 0.3 is 0 Å². The third-order valence-electron chi connectivity index (χ3n) is 2.56. The molecule has 2 amide bonds. The minimum absolute atomic E-state index is 0.0211. The maximum atomic E-state index is 12.2. The van der Waals surface area contributed by atoms with Gasteiger partial charge in [0.05, 0.1) is 13.7 Å². The lowest BCUT2D eigenvalue weighted by molar-refractivity contribution is -0.122. The number of hydrogen-bond acceptors (Lipinski definition) is 3. The molecular weight excluding hydrogens is 256 g/mol. The smallest absolute Gasteiger partial charge is 0.254 e. The van der Waals surface area contributed by atoms with E-state index in [0.29, 0.717) is 11.3 Å². The highest BCUT2D eigenvalue weighted by atomic mass is 16.5. The van der Waals surface area contributed by atoms with Crippen LogP contribution < -0.4 is 10.1 Å². The van der Waals surface area contributed by atoms with Crippen LogP contribution in [0, 0.1) is 0 Å². The van der Waals surface area contributed by atoms with Gasteiger partial charge in [-0.25, -0.2) is 0 Å². The quantitative estimate of drug-likeness (QED) is 0.911. The first-order valence-corrected chi connectivity index (χ1v) is 6.43. The Labute approximate surface area is 119 Å². The molecule has 20 heavy (non-hydrogen) atoms. The van der Waals surface area contributed by atoms with Gasteiger partial charge in [-0.15, -0.1) is 0 Å². The minimum Gasteiger partial charge on any atom is -0.497 e. The molecule has 5 nitrogen and oxygen atoms in total. The fourth-order valence-corrected chi connectivity index (χ4v) is 1.72. The maximum absolute atomic E-state index is 12.2. The summed E-state index contributed by atoms with van der Waals surface area (Å²) in [7, 11) is 3.15. The Morgan fingerprint density at radius 2 is 1.95 bits per heavy atom. The van der Waals surface area contributed by atoms with Crippen molar-refractivity contribution in [3.05, 3.63) is 29.8 Å². The number of methoxy groups -OCH3 is 1. The zero-order chi connectivity index (χ0) is 15.3. The second-order valence-electron chi connectivity index (χ2n) is 5.69. The molecule has 1 aromatic rings. The Morgan fingerprint density at radius 3 is 2.50 bits per heavy atom. The van der Waals surface area contributed by atoms with Crippen LogP contribution in [0.1, 0.15) is 31.1 Å². The highest BCUT2D eigenvalue weighted by Gasteiger charge is 2.18. The van der Waals surface area contributed by atoms with E-state index in [-0.39, 0.29) is 23.9 Å². The first-order valence-electron chi connectivity index (χ1n) is 6.43. The molecule has 0 aliphatic carbocycles. The molecule has 1 aromatic carbocycles. The normalized spacial score (nSPS) is 10.8. The topological polar surface area (TPSA) is 58.6 Å². The van der Waals surface area contributed by atoms with Gasteiger partial charge in [0.15, 0.2) is 0 Å². The fraction of sp³-hybridized carbons (Fsp3) is 0.467. The van der Waals surface area contributed by atoms with Crippen LogP contribution in [0.15, 0.2) is 24.3 Å². The molecule has 5 heteroatoms. The van der Waals surface area contributed by atoms with Crippen LogP contribution in [-0.4, -0.2) is 43.0 Å². The molecule has 0 saturated heterocycles. The van der Waals surface area contributed by atoms with Crippen molar-refractivity contribution >= 4 is 11.8 Å². The van der Waals surface area contributed by atoms with Gasteiger partial charge in [0.2, 0.25) is 5.91 Å². The number of rotatable bonds is 4. The van der Waals surface area contributed by atoms with Crippen LogP contribution in [0.2, 0.25) is 0 Å². The van der Waals surface area contributed by atoms with Crippen LogP contribution in [0.25, 0.3) is 0 Å². The molecule has 0 fully saturated rings. The molecule has 0 bridgehead atoms. The molecule has 0 saturated carbocycles. The average molecular weight is 278 g/mol. The van der Waals surface area contributed by atoms with E-state index in [9.17, 15) is 9.59 Å². The van der Waals surface area contributed by atoms with E-state index in [0.717, 1.165) is 0 Å². The van der Waals surface area contributed by atoms with E-state index in [4.69, 9.17) is 4.74 Å². The van der Waals surface area contributed by atoms with Crippen molar-refractivity contribution in [2.45, 2.75) is 26.3 Å². The summed E-state index contributed by atoms with van der Waals surface area (Å²) in [6.45, 7) is 5.71. The number of amides is 2. The van der Waals surface area contributed by atoms with E-state index in [1.54, 1.807) is 38.4 Å². The zero-order valence-corrected chi connectivity index (χ0v) is 12.7. The third kappa shape index (κ3) is 4.91. The molecule has 110 valence electrons. The molecule has 0 aliphatic heterocycles. The summed E-state index contributed by atoms with van der Waals surface area (Å²) in [5.41, 5.74) is 0.187. The Hall–Kier alpha value is -2.04. The predicted octanol–water partition coefficient (Wildman–Crippen LogP) is 1.68. The Morgan fingerprint density at radius 1 is 1.30 bits per heavy atom. The summed E-state index contributed by atoms with van der Waals surface area (Å²) in [6.07, 6.45) is 0. The number of hydrogen-bond donors (Lipinski definition) is 1. The lowest BCUT2D eigenvalue weighted by Crippen LogP contribution is -2.46. The maximum Gasteiger partial charge on any atom is 0.254 e. The fourth-order valence-electron chi connectivity index (χ4n) is 1.72. The molecule has 0 heterocycles. The van der Waals surface area contributed by atoms with Crippen LogP contribution in [-0.2, 0) is 4.79 Å². The lowest BCUT2D eigenvalue weighted by Gasteiger charge is -2.23. The van der Waals surface area contributed by atoms with Crippen LogP contribution >= 0.6 is 0 Å². The highest BCUT2D eigenvalue weighted by molar-refractivity contribution is 5.96. The summed E-state index contributed by atoms with van der Waals surface area (Å²) >= 11 is 0. The van der Waals surface area contributed by atoms with Crippen LogP contribution in [0.5, 0.6) is 5.75 Å². The summed E-state index contributed by atoms with van der Waals surface area (Å²) in [5.74, 6) is 0.215. The van der Waals surface area contributed by atoms with Crippen molar-refractivity contribution in [1.29, 1.82) is 0 Å². The minimum atomic E-state index is -0.309. The number of nitrogens with zero attached hydrogens (tertiary/aromatic N) is 1. The van der Waals surface area contributed by atoms with Crippen LogP contribution in [0.4, 0.5) is 0 Å². The zero-order valence-electron chi connectivity index (χ0n) is 12.7. The highest BCUT2D eigenvalue weighted by Crippen LogP contribution is 2.13. The van der Waals surface area contributed by atoms with Crippen molar-refractivity contribution in [2.24, 2.45) is 0 Å². The molecular formula is C15H22N2O3. The summed E-state index contributed by atoms with van der Waals surface area (Å²) < 4.78 is 5.08. The molecule has 0 radical (unpaired) electrons. The van der Waals surface area contributed by atoms with Crippen molar-refractivity contribution in [3.8, 4) is 5.75 Å². The van der Waals surface area contributed by atoms with E-state index < -0.39 is 0 Å². The van der Waals surface area contributed by atoms with Crippen molar-refractivity contribution < 1.29 is 14.3 Å². The summed E-state index contributed by atoms with van der Waals surface area (Å²) in [5, 5.41) is 2.82. The monoisotopic (exact) mass is 278 g/mol. The molecule has 0 atom stereocenters. The SMILES string of the molecule is COc1cccc(C(=O)N(C)CC(=O)NC(C)(C)C)c1. The van der Waals surface area contributed by atoms with Gasteiger partial charge in [0, 0.05) is 18.2 Å². The van der Waals surface area contributed by atoms with E-state index in [2.05, 4.69) is 5.32 Å². The first kappa shape index (κ1) is 16.0. The average Bonchev–Trinajstić information content (AvgIpc) is 2.35. The molecule has 0 unspecified atom stereocenters. The molecule has 0 aromatic heterocycles. The molecule has 0 spiro atoms. The van der Waals surface area contributed by atoms with Crippen LogP contribution in [0.3, 0.4) is 0 Å². The second-order valence-corrected chi connectivity index (χ2v) is 5.69. The number of carbonyl (C=O) groups excluding carboxylic acids is 2. The van der Waals surface area contributed by atoms with Gasteiger partial charge in [-0.2, -0.15) is 0 Å². The number of ether oxygens (including phenoxy) is 1. The number of nitrogens with one attached hydrogen (secondary N) is 1. The van der Waals surface area contributed by atoms with Gasteiger partial charge in [-0.3, -0.25) is 9.59 Å². The lowest BCUT2D eigenvalue weighted by atomic mass is 10.1. The summed E-state index contributed by atoms with van der Waals surface area (Å²) in [6, 6.07) is 6.86. The third-order valence-corrected chi connectivity index (χ3v) is 2.56. The van der Waals surface area contributed by atoms with Crippen molar-refractivity contribution in [2.75, 3.05) is 20.7 Å². The predicted molar refractivity (Wildman–Crippen MR) is 77.9 cm³/mol. The standard InChI is InChI=1S/C15H22N2O3/c1-15(2,3)16-13(18)10-17(4)14(19)11-7-6-8-12(9-11)20-5/h6-9H,10H2,1-5H3,(H,16,18). The Bertz CT molecular complexity index is 492. The molecule has 1 rings (SSSR count). The largest absolute Gasteiger partial charge is 0.497 e. The summed E-state index contributed by atoms with van der Waals surface area (Å²) in [4.78, 5) is 25.4. The van der Waals surface area contributed by atoms with Crippen molar-refractivity contribution in [3.63, 3.8) is 0 Å². The van der Waals surface area contributed by atoms with Gasteiger partial charge in [-0.05, 0) is 39.0 Å². The van der Waals surface area contributed by atoms with E-state index in [1.165, 1.54) is 4.90 Å².